The van der Waals surface area contributed by atoms with E-state index in [-0.39, 0.29) is 10.5 Å². The molecule has 0 heterocycles. The molecule has 0 aromatic rings. The summed E-state index contributed by atoms with van der Waals surface area (Å²) in [6, 6.07) is 0. The largest absolute Gasteiger partial charge is 0.466 e. The van der Waals surface area contributed by atoms with Crippen LogP contribution in [-0.2, 0) is 9.53 Å². The number of unbranched alkanes of at least 4 members (excludes halogenated alkanes) is 1. The Hall–Kier alpha value is 0.0800. The maximum absolute atomic E-state index is 10.1. The van der Waals surface area contributed by atoms with Crippen molar-refractivity contribution < 1.29 is 9.53 Å². The highest BCUT2D eigenvalue weighted by Gasteiger charge is 1.88. The van der Waals surface area contributed by atoms with Gasteiger partial charge in [0.25, 0.3) is 0 Å². The van der Waals surface area contributed by atoms with Crippen molar-refractivity contribution in [3.05, 3.63) is 10.0 Å². The fourth-order valence-electron chi connectivity index (χ4n) is 0.360. The molecule has 0 aliphatic rings. The fourth-order valence-corrected chi connectivity index (χ4v) is 0.360. The Morgan fingerprint density at radius 3 is 2.15 bits per heavy atom. The molecule has 0 saturated carbocycles. The Morgan fingerprint density at radius 1 is 1.46 bits per heavy atom. The first-order chi connectivity index (χ1) is 6.04. The van der Waals surface area contributed by atoms with Crippen LogP contribution in [0.1, 0.15) is 26.7 Å². The van der Waals surface area contributed by atoms with Crippen molar-refractivity contribution in [1.82, 2.24) is 0 Å². The number of esters is 1. The summed E-state index contributed by atoms with van der Waals surface area (Å²) in [7, 11) is 0. The molecule has 0 amide bonds. The third-order valence-electron chi connectivity index (χ3n) is 0.886. The van der Waals surface area contributed by atoms with E-state index in [0.29, 0.717) is 6.61 Å². The van der Waals surface area contributed by atoms with Gasteiger partial charge in [0.1, 0.15) is 4.49 Å². The smallest absolute Gasteiger partial charge is 0.302 e. The number of hydrogen-bond donors (Lipinski definition) is 0. The van der Waals surface area contributed by atoms with E-state index in [1.807, 2.05) is 0 Å². The van der Waals surface area contributed by atoms with Crippen LogP contribution >= 0.6 is 34.8 Å². The van der Waals surface area contributed by atoms with Crippen LogP contribution in [-0.4, -0.2) is 12.6 Å². The van der Waals surface area contributed by atoms with E-state index >= 15 is 0 Å². The Balaban J connectivity index is 0. The van der Waals surface area contributed by atoms with Gasteiger partial charge in [0, 0.05) is 12.5 Å². The maximum atomic E-state index is 10.1. The number of carbonyl (C=O) groups is 1. The highest BCUT2D eigenvalue weighted by atomic mass is 35.5. The van der Waals surface area contributed by atoms with E-state index in [1.165, 1.54) is 6.92 Å². The topological polar surface area (TPSA) is 26.3 Å². The van der Waals surface area contributed by atoms with Crippen LogP contribution in [0.2, 0.25) is 0 Å². The third kappa shape index (κ3) is 24.5. The van der Waals surface area contributed by atoms with Gasteiger partial charge in [0.15, 0.2) is 0 Å². The van der Waals surface area contributed by atoms with E-state index in [0.717, 1.165) is 18.4 Å². The molecule has 0 spiro atoms. The van der Waals surface area contributed by atoms with Crippen molar-refractivity contribution in [1.29, 1.82) is 0 Å². The van der Waals surface area contributed by atoms with Crippen LogP contribution in [0.25, 0.3) is 0 Å². The Kier molecular flexibility index (Phi) is 14.4. The van der Waals surface area contributed by atoms with Gasteiger partial charge in [-0.05, 0) is 6.42 Å². The second-order valence-corrected chi connectivity index (χ2v) is 3.32. The van der Waals surface area contributed by atoms with Gasteiger partial charge < -0.3 is 4.74 Å². The quantitative estimate of drug-likeness (QED) is 0.559. The highest BCUT2D eigenvalue weighted by molar-refractivity contribution is 6.58. The lowest BCUT2D eigenvalue weighted by molar-refractivity contribution is -0.141. The summed E-state index contributed by atoms with van der Waals surface area (Å²) in [5, 5.41) is 0. The number of rotatable bonds is 3. The molecular weight excluding hydrogens is 234 g/mol. The number of carbonyl (C=O) groups excluding carboxylic acids is 1. The molecule has 13 heavy (non-hydrogen) atoms. The Labute approximate surface area is 93.8 Å². The molecule has 0 radical (unpaired) electrons. The van der Waals surface area contributed by atoms with Crippen molar-refractivity contribution in [2.24, 2.45) is 0 Å². The monoisotopic (exact) mass is 246 g/mol. The van der Waals surface area contributed by atoms with Crippen LogP contribution in [0.3, 0.4) is 0 Å². The number of ether oxygens (including phenoxy) is 1. The van der Waals surface area contributed by atoms with E-state index in [2.05, 4.69) is 11.7 Å². The van der Waals surface area contributed by atoms with E-state index in [4.69, 9.17) is 34.8 Å². The molecule has 2 nitrogen and oxygen atoms in total. The van der Waals surface area contributed by atoms with Crippen LogP contribution < -0.4 is 0 Å². The molecule has 0 fully saturated rings. The summed E-state index contributed by atoms with van der Waals surface area (Å²) in [6.45, 7) is 4.06. The zero-order chi connectivity index (χ0) is 10.7. The molecule has 0 rings (SSSR count). The van der Waals surface area contributed by atoms with Gasteiger partial charge in [-0.25, -0.2) is 0 Å². The summed E-state index contributed by atoms with van der Waals surface area (Å²) in [5.41, 5.74) is 1.09. The molecule has 78 valence electrons. The molecule has 0 aliphatic heterocycles. The summed E-state index contributed by atoms with van der Waals surface area (Å²) < 4.78 is 4.73. The third-order valence-corrected chi connectivity index (χ3v) is 1.55. The van der Waals surface area contributed by atoms with Gasteiger partial charge in [-0.2, -0.15) is 0 Å². The normalized spacial score (nSPS) is 8.08. The zero-order valence-corrected chi connectivity index (χ0v) is 9.92. The van der Waals surface area contributed by atoms with Crippen molar-refractivity contribution in [2.75, 3.05) is 6.61 Å². The van der Waals surface area contributed by atoms with E-state index < -0.39 is 0 Å². The molecule has 0 aromatic heterocycles. The van der Waals surface area contributed by atoms with E-state index in [1.54, 1.807) is 0 Å². The molecule has 0 N–H and O–H groups in total. The van der Waals surface area contributed by atoms with Gasteiger partial charge in [-0.1, -0.05) is 48.1 Å². The van der Waals surface area contributed by atoms with Gasteiger partial charge in [-0.15, -0.1) is 0 Å². The lowest BCUT2D eigenvalue weighted by atomic mass is 10.4. The van der Waals surface area contributed by atoms with Crippen molar-refractivity contribution in [2.45, 2.75) is 26.7 Å². The second kappa shape index (κ2) is 12.1. The van der Waals surface area contributed by atoms with Crippen LogP contribution in [0.5, 0.6) is 0 Å². The minimum Gasteiger partial charge on any atom is -0.466 e. The first kappa shape index (κ1) is 15.5. The Morgan fingerprint density at radius 2 is 1.92 bits per heavy atom. The summed E-state index contributed by atoms with van der Waals surface area (Å²) in [4.78, 5) is 10.1. The average Bonchev–Trinajstić information content (AvgIpc) is 2.05. The molecule has 5 heteroatoms. The standard InChI is InChI=1S/C6H12O2.C2HCl3/c1-3-4-5-8-6(2)7;3-1-2(4)5/h3-5H2,1-2H3;1H. The van der Waals surface area contributed by atoms with Gasteiger partial charge in [-0.3, -0.25) is 4.79 Å². The SMILES string of the molecule is CCCCOC(C)=O.ClC=C(Cl)Cl. The molecule has 0 aliphatic carbocycles. The fraction of sp³-hybridized carbons (Fsp3) is 0.625. The van der Waals surface area contributed by atoms with Crippen LogP contribution in [0.15, 0.2) is 10.0 Å². The predicted molar refractivity (Wildman–Crippen MR) is 57.2 cm³/mol. The first-order valence-electron chi connectivity index (χ1n) is 3.79. The molecule has 0 aromatic carbocycles. The number of halogens is 3. The minimum absolute atomic E-state index is 0.0895. The van der Waals surface area contributed by atoms with Crippen molar-refractivity contribution in [3.63, 3.8) is 0 Å². The lowest BCUT2D eigenvalue weighted by Gasteiger charge is -1.96. The van der Waals surface area contributed by atoms with Gasteiger partial charge in [0.2, 0.25) is 0 Å². The lowest BCUT2D eigenvalue weighted by Crippen LogP contribution is -1.99. The van der Waals surface area contributed by atoms with Crippen LogP contribution in [0, 0.1) is 0 Å². The zero-order valence-electron chi connectivity index (χ0n) is 7.65. The first-order valence-corrected chi connectivity index (χ1v) is 4.98. The summed E-state index contributed by atoms with van der Waals surface area (Å²) in [5.74, 6) is -0.182. The summed E-state index contributed by atoms with van der Waals surface area (Å²) in [6.07, 6.45) is 2.05. The number of hydrogen-bond acceptors (Lipinski definition) is 2. The molecule has 0 unspecified atom stereocenters. The maximum Gasteiger partial charge on any atom is 0.302 e. The highest BCUT2D eigenvalue weighted by Crippen LogP contribution is 2.05. The molecule has 0 bridgehead atoms. The van der Waals surface area contributed by atoms with Gasteiger partial charge >= 0.3 is 5.97 Å². The van der Waals surface area contributed by atoms with Crippen molar-refractivity contribution in [3.8, 4) is 0 Å². The molecular formula is C8H13Cl3O2. The van der Waals surface area contributed by atoms with Gasteiger partial charge in [0.05, 0.1) is 6.61 Å². The summed E-state index contributed by atoms with van der Waals surface area (Å²) >= 11 is 14.8. The minimum atomic E-state index is -0.182. The Bertz CT molecular complexity index is 153. The van der Waals surface area contributed by atoms with Crippen LogP contribution in [0.4, 0.5) is 0 Å². The van der Waals surface area contributed by atoms with Crippen molar-refractivity contribution >= 4 is 40.8 Å². The van der Waals surface area contributed by atoms with E-state index in [9.17, 15) is 4.79 Å². The predicted octanol–water partition coefficient (Wildman–Crippen LogP) is 3.85. The molecule has 0 atom stereocenters. The molecule has 0 saturated heterocycles. The average molecular weight is 248 g/mol. The second-order valence-electron chi connectivity index (χ2n) is 2.09.